The Labute approximate surface area is 120 Å². The van der Waals surface area contributed by atoms with Crippen molar-refractivity contribution in [2.24, 2.45) is 7.05 Å². The van der Waals surface area contributed by atoms with Gasteiger partial charge in [0.25, 0.3) is 0 Å². The van der Waals surface area contributed by atoms with Crippen molar-refractivity contribution in [2.45, 2.75) is 20.4 Å². The average molecular weight is 282 g/mol. The van der Waals surface area contributed by atoms with Crippen LogP contribution < -0.4 is 10.1 Å². The maximum Gasteiger partial charge on any atom is 0.151 e. The number of aryl methyl sites for hydroxylation is 2. The molecule has 1 aromatic carbocycles. The molecular weight excluding hydrogens is 262 g/mol. The third-order valence-corrected chi connectivity index (χ3v) is 2.71. The highest BCUT2D eigenvalue weighted by molar-refractivity contribution is 5.85. The Hall–Kier alpha value is -1.68. The Morgan fingerprint density at radius 3 is 2.47 bits per heavy atom. The van der Waals surface area contributed by atoms with Crippen LogP contribution in [0.3, 0.4) is 0 Å². The fourth-order valence-corrected chi connectivity index (χ4v) is 1.84. The summed E-state index contributed by atoms with van der Waals surface area (Å²) in [7, 11) is 1.93. The summed E-state index contributed by atoms with van der Waals surface area (Å²) in [5.41, 5.74) is 2.37. The van der Waals surface area contributed by atoms with Crippen LogP contribution in [0.2, 0.25) is 0 Å². The van der Waals surface area contributed by atoms with E-state index in [1.54, 1.807) is 0 Å². The Morgan fingerprint density at radius 2 is 1.95 bits per heavy atom. The van der Waals surface area contributed by atoms with E-state index in [4.69, 9.17) is 4.74 Å². The fraction of sp³-hybridized carbons (Fsp3) is 0.357. The molecule has 0 radical (unpaired) electrons. The molecule has 104 valence electrons. The topological polar surface area (TPSA) is 39.1 Å². The number of nitrogens with one attached hydrogen (secondary N) is 1. The fourth-order valence-electron chi connectivity index (χ4n) is 1.84. The van der Waals surface area contributed by atoms with Crippen LogP contribution in [0.15, 0.2) is 30.5 Å². The van der Waals surface area contributed by atoms with Crippen LogP contribution in [0.5, 0.6) is 5.75 Å². The van der Waals surface area contributed by atoms with Crippen molar-refractivity contribution in [3.63, 3.8) is 0 Å². The van der Waals surface area contributed by atoms with E-state index in [9.17, 15) is 0 Å². The molecule has 2 rings (SSSR count). The van der Waals surface area contributed by atoms with Gasteiger partial charge in [0.2, 0.25) is 0 Å². The van der Waals surface area contributed by atoms with Crippen LogP contribution in [0, 0.1) is 6.92 Å². The minimum absolute atomic E-state index is 0. The van der Waals surface area contributed by atoms with Gasteiger partial charge in [0.05, 0.1) is 6.61 Å². The molecule has 0 saturated heterocycles. The first-order valence-electron chi connectivity index (χ1n) is 6.15. The highest BCUT2D eigenvalue weighted by Gasteiger charge is 2.02. The summed E-state index contributed by atoms with van der Waals surface area (Å²) in [4.78, 5) is 0. The van der Waals surface area contributed by atoms with Gasteiger partial charge in [-0.3, -0.25) is 4.68 Å². The molecule has 0 bridgehead atoms. The molecule has 1 heterocycles. The van der Waals surface area contributed by atoms with Crippen molar-refractivity contribution in [3.8, 4) is 5.75 Å². The number of nitrogens with zero attached hydrogens (tertiary/aromatic N) is 2. The lowest BCUT2D eigenvalue weighted by Gasteiger charge is -2.06. The molecule has 0 unspecified atom stereocenters. The molecule has 0 amide bonds. The molecule has 1 aromatic heterocycles. The van der Waals surface area contributed by atoms with E-state index < -0.39 is 0 Å². The van der Waals surface area contributed by atoms with Gasteiger partial charge in [0, 0.05) is 25.4 Å². The Balaban J connectivity index is 0.00000180. The molecule has 0 aliphatic carbocycles. The van der Waals surface area contributed by atoms with Crippen molar-refractivity contribution >= 4 is 18.2 Å². The highest BCUT2D eigenvalue weighted by Crippen LogP contribution is 2.15. The maximum absolute atomic E-state index is 5.41. The Morgan fingerprint density at radius 1 is 1.26 bits per heavy atom. The summed E-state index contributed by atoms with van der Waals surface area (Å²) in [5.74, 6) is 1.85. The van der Waals surface area contributed by atoms with Gasteiger partial charge in [-0.1, -0.05) is 12.1 Å². The first-order chi connectivity index (χ1) is 8.69. The van der Waals surface area contributed by atoms with E-state index in [-0.39, 0.29) is 12.4 Å². The van der Waals surface area contributed by atoms with E-state index in [2.05, 4.69) is 22.5 Å². The van der Waals surface area contributed by atoms with Gasteiger partial charge < -0.3 is 10.1 Å². The normalized spacial score (nSPS) is 9.84. The third-order valence-electron chi connectivity index (χ3n) is 2.71. The standard InChI is InChI=1S/C14H19N3O.ClH/c1-4-18-13-7-5-12(6-8-13)9-15-14-11(2)10-17(3)16-14;/h5-8,10H,4,9H2,1-3H3,(H,15,16);1H. The molecule has 0 aliphatic rings. The van der Waals surface area contributed by atoms with E-state index in [0.717, 1.165) is 23.7 Å². The number of halogens is 1. The molecule has 4 nitrogen and oxygen atoms in total. The van der Waals surface area contributed by atoms with E-state index in [0.29, 0.717) is 6.61 Å². The van der Waals surface area contributed by atoms with Crippen molar-refractivity contribution in [3.05, 3.63) is 41.6 Å². The van der Waals surface area contributed by atoms with Crippen LogP contribution in [0.4, 0.5) is 5.82 Å². The number of aromatic nitrogens is 2. The summed E-state index contributed by atoms with van der Waals surface area (Å²) in [6.07, 6.45) is 2.00. The summed E-state index contributed by atoms with van der Waals surface area (Å²) < 4.78 is 7.23. The van der Waals surface area contributed by atoms with Crippen LogP contribution in [-0.4, -0.2) is 16.4 Å². The van der Waals surface area contributed by atoms with Gasteiger partial charge in [-0.25, -0.2) is 0 Å². The first kappa shape index (κ1) is 15.4. The predicted octanol–water partition coefficient (Wildman–Crippen LogP) is 3.16. The number of rotatable bonds is 5. The molecule has 2 aromatic rings. The van der Waals surface area contributed by atoms with Gasteiger partial charge in [0.15, 0.2) is 5.82 Å². The van der Waals surface area contributed by atoms with Crippen LogP contribution in [0.25, 0.3) is 0 Å². The second kappa shape index (κ2) is 7.04. The molecule has 1 N–H and O–H groups in total. The lowest BCUT2D eigenvalue weighted by molar-refractivity contribution is 0.340. The van der Waals surface area contributed by atoms with Crippen molar-refractivity contribution < 1.29 is 4.74 Å². The number of anilines is 1. The van der Waals surface area contributed by atoms with E-state index >= 15 is 0 Å². The zero-order chi connectivity index (χ0) is 13.0. The van der Waals surface area contributed by atoms with Gasteiger partial charge in [-0.15, -0.1) is 12.4 Å². The summed E-state index contributed by atoms with van der Waals surface area (Å²) in [6, 6.07) is 8.12. The van der Waals surface area contributed by atoms with Gasteiger partial charge >= 0.3 is 0 Å². The molecular formula is C14H20ClN3O. The van der Waals surface area contributed by atoms with Crippen molar-refractivity contribution in [2.75, 3.05) is 11.9 Å². The van der Waals surface area contributed by atoms with E-state index in [1.165, 1.54) is 5.56 Å². The monoisotopic (exact) mass is 281 g/mol. The quantitative estimate of drug-likeness (QED) is 0.915. The van der Waals surface area contributed by atoms with E-state index in [1.807, 2.05) is 43.9 Å². The second-order valence-corrected chi connectivity index (χ2v) is 4.26. The zero-order valence-electron chi connectivity index (χ0n) is 11.5. The lowest BCUT2D eigenvalue weighted by atomic mass is 10.2. The van der Waals surface area contributed by atoms with Crippen LogP contribution in [0.1, 0.15) is 18.1 Å². The number of hydrogen-bond acceptors (Lipinski definition) is 3. The average Bonchev–Trinajstić information content (AvgIpc) is 2.67. The zero-order valence-corrected chi connectivity index (χ0v) is 12.3. The molecule has 0 spiro atoms. The largest absolute Gasteiger partial charge is 0.494 e. The SMILES string of the molecule is CCOc1ccc(CNc2nn(C)cc2C)cc1.Cl. The second-order valence-electron chi connectivity index (χ2n) is 4.26. The lowest BCUT2D eigenvalue weighted by Crippen LogP contribution is -2.02. The summed E-state index contributed by atoms with van der Waals surface area (Å²) >= 11 is 0. The van der Waals surface area contributed by atoms with Crippen molar-refractivity contribution in [1.29, 1.82) is 0 Å². The third kappa shape index (κ3) is 4.17. The molecule has 0 fully saturated rings. The number of benzene rings is 1. The van der Waals surface area contributed by atoms with Crippen LogP contribution >= 0.6 is 12.4 Å². The molecule has 0 atom stereocenters. The van der Waals surface area contributed by atoms with Gasteiger partial charge in [-0.05, 0) is 31.5 Å². The van der Waals surface area contributed by atoms with Crippen LogP contribution in [-0.2, 0) is 13.6 Å². The summed E-state index contributed by atoms with van der Waals surface area (Å²) in [5, 5.41) is 7.68. The van der Waals surface area contributed by atoms with Gasteiger partial charge in [0.1, 0.15) is 5.75 Å². The highest BCUT2D eigenvalue weighted by atomic mass is 35.5. The molecule has 19 heavy (non-hydrogen) atoms. The number of ether oxygens (including phenoxy) is 1. The number of hydrogen-bond donors (Lipinski definition) is 1. The molecule has 0 saturated carbocycles. The predicted molar refractivity (Wildman–Crippen MR) is 80.1 cm³/mol. The Bertz CT molecular complexity index is 508. The minimum atomic E-state index is 0. The first-order valence-corrected chi connectivity index (χ1v) is 6.15. The minimum Gasteiger partial charge on any atom is -0.494 e. The molecule has 0 aliphatic heterocycles. The maximum atomic E-state index is 5.41. The Kier molecular flexibility index (Phi) is 5.70. The van der Waals surface area contributed by atoms with Crippen molar-refractivity contribution in [1.82, 2.24) is 9.78 Å². The van der Waals surface area contributed by atoms with Gasteiger partial charge in [-0.2, -0.15) is 5.10 Å². The smallest absolute Gasteiger partial charge is 0.151 e. The summed E-state index contributed by atoms with van der Waals surface area (Å²) in [6.45, 7) is 5.50. The molecule has 5 heteroatoms.